The molecule has 0 saturated heterocycles. The first-order valence-electron chi connectivity index (χ1n) is 10.3. The Kier molecular flexibility index (Phi) is 7.05. The highest BCUT2D eigenvalue weighted by atomic mass is 32.1. The first-order valence-corrected chi connectivity index (χ1v) is 11.2. The number of aromatic nitrogens is 1. The summed E-state index contributed by atoms with van der Waals surface area (Å²) in [6.45, 7) is 0.837. The van der Waals surface area contributed by atoms with Gasteiger partial charge < -0.3 is 10.2 Å². The first-order chi connectivity index (χ1) is 15.7. The zero-order chi connectivity index (χ0) is 22.2. The van der Waals surface area contributed by atoms with Gasteiger partial charge in [-0.3, -0.25) is 14.6 Å². The van der Waals surface area contributed by atoms with Crippen molar-refractivity contribution < 1.29 is 9.59 Å². The van der Waals surface area contributed by atoms with Gasteiger partial charge in [-0.1, -0.05) is 54.6 Å². The Bertz CT molecular complexity index is 1160. The minimum Gasteiger partial charge on any atom is -0.350 e. The number of thiophene rings is 1. The summed E-state index contributed by atoms with van der Waals surface area (Å²) in [7, 11) is 0. The molecule has 0 saturated carbocycles. The maximum Gasteiger partial charge on any atom is 0.268 e. The average Bonchev–Trinajstić information content (AvgIpc) is 3.37. The Morgan fingerprint density at radius 1 is 0.875 bits per heavy atom. The quantitative estimate of drug-likeness (QED) is 0.425. The van der Waals surface area contributed by atoms with Crippen LogP contribution in [0, 0.1) is 0 Å². The molecular formula is C26H23N3O2S. The maximum absolute atomic E-state index is 13.3. The molecule has 32 heavy (non-hydrogen) atoms. The average molecular weight is 442 g/mol. The Morgan fingerprint density at radius 3 is 2.44 bits per heavy atom. The van der Waals surface area contributed by atoms with E-state index in [1.807, 2.05) is 90.3 Å². The van der Waals surface area contributed by atoms with Gasteiger partial charge in [0.15, 0.2) is 0 Å². The smallest absolute Gasteiger partial charge is 0.268 e. The number of carbonyl (C=O) groups is 2. The molecular weight excluding hydrogens is 418 g/mol. The summed E-state index contributed by atoms with van der Waals surface area (Å²) >= 11 is 1.42. The van der Waals surface area contributed by atoms with Gasteiger partial charge in [-0.15, -0.1) is 11.3 Å². The van der Waals surface area contributed by atoms with Gasteiger partial charge in [0, 0.05) is 11.9 Å². The summed E-state index contributed by atoms with van der Waals surface area (Å²) in [6.07, 6.45) is 1.93. The molecule has 0 spiro atoms. The molecule has 1 N–H and O–H groups in total. The second-order valence-corrected chi connectivity index (χ2v) is 8.25. The Balaban J connectivity index is 1.51. The van der Waals surface area contributed by atoms with E-state index in [0.29, 0.717) is 18.0 Å². The molecule has 0 bridgehead atoms. The van der Waals surface area contributed by atoms with Crippen molar-refractivity contribution in [2.75, 3.05) is 4.90 Å². The van der Waals surface area contributed by atoms with Crippen molar-refractivity contribution in [2.45, 2.75) is 19.5 Å². The number of benzene rings is 2. The zero-order valence-electron chi connectivity index (χ0n) is 17.5. The number of hydrogen-bond acceptors (Lipinski definition) is 4. The number of hydrogen-bond donors (Lipinski definition) is 1. The minimum absolute atomic E-state index is 0.0550. The SMILES string of the molecule is O=C(Cc1cccc(N(Cc2ccccc2)C(=O)c2cccs2)c1)NCc1ccccn1. The molecule has 0 fully saturated rings. The lowest BCUT2D eigenvalue weighted by Gasteiger charge is -2.23. The topological polar surface area (TPSA) is 62.3 Å². The molecule has 2 aromatic heterocycles. The molecule has 0 aliphatic carbocycles. The molecule has 4 aromatic rings. The van der Waals surface area contributed by atoms with Gasteiger partial charge in [-0.2, -0.15) is 0 Å². The van der Waals surface area contributed by atoms with Crippen LogP contribution >= 0.6 is 11.3 Å². The molecule has 0 aliphatic heterocycles. The van der Waals surface area contributed by atoms with E-state index < -0.39 is 0 Å². The molecule has 0 aliphatic rings. The van der Waals surface area contributed by atoms with Crippen LogP contribution in [0.4, 0.5) is 5.69 Å². The lowest BCUT2D eigenvalue weighted by molar-refractivity contribution is -0.120. The van der Waals surface area contributed by atoms with Gasteiger partial charge in [0.05, 0.1) is 30.1 Å². The van der Waals surface area contributed by atoms with Crippen LogP contribution in [0.2, 0.25) is 0 Å². The number of amides is 2. The Hall–Kier alpha value is -3.77. The minimum atomic E-state index is -0.0907. The highest BCUT2D eigenvalue weighted by Gasteiger charge is 2.19. The first kappa shape index (κ1) is 21.5. The van der Waals surface area contributed by atoms with Crippen molar-refractivity contribution in [1.82, 2.24) is 10.3 Å². The molecule has 5 nitrogen and oxygen atoms in total. The van der Waals surface area contributed by atoms with Gasteiger partial charge in [0.25, 0.3) is 5.91 Å². The summed E-state index contributed by atoms with van der Waals surface area (Å²) in [5.41, 5.74) is 3.46. The summed E-state index contributed by atoms with van der Waals surface area (Å²) < 4.78 is 0. The lowest BCUT2D eigenvalue weighted by Crippen LogP contribution is -2.30. The summed E-state index contributed by atoms with van der Waals surface area (Å²) in [5, 5.41) is 4.80. The normalized spacial score (nSPS) is 10.5. The third-order valence-electron chi connectivity index (χ3n) is 4.94. The van der Waals surface area contributed by atoms with E-state index in [4.69, 9.17) is 0 Å². The molecule has 6 heteroatoms. The summed E-state index contributed by atoms with van der Waals surface area (Å²) in [6, 6.07) is 26.8. The van der Waals surface area contributed by atoms with Crippen LogP contribution in [-0.2, 0) is 24.3 Å². The third kappa shape index (κ3) is 5.68. The van der Waals surface area contributed by atoms with E-state index in [9.17, 15) is 9.59 Å². The molecule has 2 amide bonds. The van der Waals surface area contributed by atoms with Gasteiger partial charge in [0.2, 0.25) is 5.91 Å². The Labute approximate surface area is 191 Å². The zero-order valence-corrected chi connectivity index (χ0v) is 18.3. The maximum atomic E-state index is 13.3. The van der Waals surface area contributed by atoms with Crippen LogP contribution in [0.25, 0.3) is 0 Å². The number of anilines is 1. The highest BCUT2D eigenvalue weighted by Crippen LogP contribution is 2.23. The van der Waals surface area contributed by atoms with Gasteiger partial charge >= 0.3 is 0 Å². The van der Waals surface area contributed by atoms with E-state index in [-0.39, 0.29) is 18.2 Å². The predicted molar refractivity (Wildman–Crippen MR) is 128 cm³/mol. The largest absolute Gasteiger partial charge is 0.350 e. The second-order valence-electron chi connectivity index (χ2n) is 7.30. The van der Waals surface area contributed by atoms with Crippen LogP contribution in [0.3, 0.4) is 0 Å². The van der Waals surface area contributed by atoms with Crippen LogP contribution in [0.5, 0.6) is 0 Å². The van der Waals surface area contributed by atoms with Crippen molar-refractivity contribution in [1.29, 1.82) is 0 Å². The number of nitrogens with one attached hydrogen (secondary N) is 1. The monoisotopic (exact) mass is 441 g/mol. The second kappa shape index (κ2) is 10.5. The third-order valence-corrected chi connectivity index (χ3v) is 5.80. The molecule has 0 radical (unpaired) electrons. The molecule has 2 heterocycles. The van der Waals surface area contributed by atoms with Crippen molar-refractivity contribution >= 4 is 28.8 Å². The fraction of sp³-hybridized carbons (Fsp3) is 0.115. The van der Waals surface area contributed by atoms with Crippen LogP contribution in [0.1, 0.15) is 26.5 Å². The van der Waals surface area contributed by atoms with Crippen molar-refractivity contribution in [2.24, 2.45) is 0 Å². The van der Waals surface area contributed by atoms with Crippen molar-refractivity contribution in [3.63, 3.8) is 0 Å². The molecule has 0 atom stereocenters. The summed E-state index contributed by atoms with van der Waals surface area (Å²) in [4.78, 5) is 32.4. The standard InChI is InChI=1S/C26H23N3O2S/c30-25(28-18-22-11-4-5-14-27-22)17-21-10-6-12-23(16-21)29(19-20-8-2-1-3-9-20)26(31)24-13-7-15-32-24/h1-16H,17-19H2,(H,28,30). The van der Waals surface area contributed by atoms with Gasteiger partial charge in [-0.05, 0) is 46.8 Å². The van der Waals surface area contributed by atoms with E-state index in [0.717, 1.165) is 22.5 Å². The van der Waals surface area contributed by atoms with Crippen molar-refractivity contribution in [3.05, 3.63) is 118 Å². The number of rotatable bonds is 8. The predicted octanol–water partition coefficient (Wildman–Crippen LogP) is 4.85. The van der Waals surface area contributed by atoms with Gasteiger partial charge in [-0.25, -0.2) is 0 Å². The number of nitrogens with zero attached hydrogens (tertiary/aromatic N) is 2. The molecule has 4 rings (SSSR count). The number of pyridine rings is 1. The lowest BCUT2D eigenvalue weighted by atomic mass is 10.1. The Morgan fingerprint density at radius 2 is 1.69 bits per heavy atom. The molecule has 160 valence electrons. The van der Waals surface area contributed by atoms with E-state index >= 15 is 0 Å². The van der Waals surface area contributed by atoms with Crippen LogP contribution in [0.15, 0.2) is 96.5 Å². The van der Waals surface area contributed by atoms with Gasteiger partial charge in [0.1, 0.15) is 0 Å². The van der Waals surface area contributed by atoms with E-state index in [1.165, 1.54) is 11.3 Å². The molecule has 0 unspecified atom stereocenters. The van der Waals surface area contributed by atoms with Crippen LogP contribution in [-0.4, -0.2) is 16.8 Å². The van der Waals surface area contributed by atoms with E-state index in [2.05, 4.69) is 10.3 Å². The van der Waals surface area contributed by atoms with E-state index in [1.54, 1.807) is 11.1 Å². The fourth-order valence-electron chi connectivity index (χ4n) is 3.35. The fourth-order valence-corrected chi connectivity index (χ4v) is 4.03. The van der Waals surface area contributed by atoms with Crippen LogP contribution < -0.4 is 10.2 Å². The number of carbonyl (C=O) groups excluding carboxylic acids is 2. The summed E-state index contributed by atoms with van der Waals surface area (Å²) in [5.74, 6) is -0.146. The van der Waals surface area contributed by atoms with Crippen molar-refractivity contribution in [3.8, 4) is 0 Å². The highest BCUT2D eigenvalue weighted by molar-refractivity contribution is 7.12. The molecule has 2 aromatic carbocycles.